The molecule has 0 bridgehead atoms. The average Bonchev–Trinajstić information content (AvgIpc) is 2.38. The predicted molar refractivity (Wildman–Crippen MR) is 79.9 cm³/mol. The summed E-state index contributed by atoms with van der Waals surface area (Å²) >= 11 is 0. The highest BCUT2D eigenvalue weighted by Crippen LogP contribution is 2.32. The Kier molecular flexibility index (Phi) is 5.83. The van der Waals surface area contributed by atoms with Gasteiger partial charge in [-0.15, -0.1) is 0 Å². The van der Waals surface area contributed by atoms with Crippen molar-refractivity contribution in [2.75, 3.05) is 20.3 Å². The van der Waals surface area contributed by atoms with E-state index in [0.717, 1.165) is 12.2 Å². The molecule has 1 aromatic carbocycles. The van der Waals surface area contributed by atoms with E-state index in [1.165, 1.54) is 11.1 Å². The maximum absolute atomic E-state index is 5.90. The molecule has 1 unspecified atom stereocenters. The second kappa shape index (κ2) is 6.92. The minimum atomic E-state index is -0.0528. The van der Waals surface area contributed by atoms with Gasteiger partial charge in [0.15, 0.2) is 0 Å². The van der Waals surface area contributed by atoms with Crippen LogP contribution >= 0.6 is 0 Å². The fourth-order valence-electron chi connectivity index (χ4n) is 2.18. The molecule has 3 heteroatoms. The summed E-state index contributed by atoms with van der Waals surface area (Å²) in [5.74, 6) is 0.949. The van der Waals surface area contributed by atoms with Crippen molar-refractivity contribution in [3.63, 3.8) is 0 Å². The fourth-order valence-corrected chi connectivity index (χ4v) is 2.18. The van der Waals surface area contributed by atoms with Gasteiger partial charge in [-0.3, -0.25) is 0 Å². The number of methoxy groups -OCH3 is 1. The van der Waals surface area contributed by atoms with E-state index in [1.54, 1.807) is 7.11 Å². The molecular weight excluding hydrogens is 238 g/mol. The van der Waals surface area contributed by atoms with Gasteiger partial charge in [-0.1, -0.05) is 39.8 Å². The third-order valence-corrected chi connectivity index (χ3v) is 3.32. The van der Waals surface area contributed by atoms with Gasteiger partial charge >= 0.3 is 0 Å². The van der Waals surface area contributed by atoms with Crippen LogP contribution in [0, 0.1) is 0 Å². The maximum atomic E-state index is 5.90. The molecule has 108 valence electrons. The summed E-state index contributed by atoms with van der Waals surface area (Å²) < 4.78 is 11.1. The zero-order chi connectivity index (χ0) is 14.5. The lowest BCUT2D eigenvalue weighted by Gasteiger charge is -2.25. The normalized spacial score (nSPS) is 13.4. The summed E-state index contributed by atoms with van der Waals surface area (Å²) in [5, 5.41) is 0. The van der Waals surface area contributed by atoms with Gasteiger partial charge in [0.05, 0.1) is 0 Å². The molecule has 0 aliphatic heterocycles. The van der Waals surface area contributed by atoms with E-state index in [4.69, 9.17) is 15.2 Å². The van der Waals surface area contributed by atoms with E-state index in [2.05, 4.69) is 39.8 Å². The first-order valence-electron chi connectivity index (χ1n) is 6.92. The summed E-state index contributed by atoms with van der Waals surface area (Å²) in [4.78, 5) is 0. The number of nitrogens with two attached hydrogens (primary N) is 1. The first-order valence-corrected chi connectivity index (χ1v) is 6.92. The maximum Gasteiger partial charge on any atom is 0.122 e. The molecule has 0 saturated heterocycles. The second-order valence-corrected chi connectivity index (χ2v) is 5.79. The Balaban J connectivity index is 2.95. The first kappa shape index (κ1) is 16.0. The van der Waals surface area contributed by atoms with E-state index in [0.29, 0.717) is 13.2 Å². The third kappa shape index (κ3) is 4.22. The fraction of sp³-hybridized carbons (Fsp3) is 0.625. The highest BCUT2D eigenvalue weighted by molar-refractivity contribution is 5.43. The average molecular weight is 265 g/mol. The van der Waals surface area contributed by atoms with Crippen molar-refractivity contribution in [3.05, 3.63) is 29.3 Å². The van der Waals surface area contributed by atoms with E-state index >= 15 is 0 Å². The van der Waals surface area contributed by atoms with Crippen molar-refractivity contribution < 1.29 is 9.47 Å². The van der Waals surface area contributed by atoms with Crippen LogP contribution in [-0.4, -0.2) is 26.4 Å². The molecule has 1 rings (SSSR count). The second-order valence-electron chi connectivity index (χ2n) is 5.79. The highest BCUT2D eigenvalue weighted by Gasteiger charge is 2.20. The number of hydrogen-bond acceptors (Lipinski definition) is 3. The molecule has 2 N–H and O–H groups in total. The molecule has 0 radical (unpaired) electrons. The molecule has 19 heavy (non-hydrogen) atoms. The smallest absolute Gasteiger partial charge is 0.122 e. The number of benzene rings is 1. The van der Waals surface area contributed by atoms with Crippen molar-refractivity contribution in [2.24, 2.45) is 5.73 Å². The van der Waals surface area contributed by atoms with Crippen molar-refractivity contribution in [1.82, 2.24) is 0 Å². The SMILES string of the molecule is CCc1c(OCC(CN)OC)cccc1C(C)(C)C. The van der Waals surface area contributed by atoms with Gasteiger partial charge in [-0.25, -0.2) is 0 Å². The molecule has 0 aliphatic carbocycles. The monoisotopic (exact) mass is 265 g/mol. The Bertz CT molecular complexity index is 392. The molecule has 0 heterocycles. The van der Waals surface area contributed by atoms with Gasteiger partial charge in [-0.2, -0.15) is 0 Å². The largest absolute Gasteiger partial charge is 0.491 e. The van der Waals surface area contributed by atoms with Crippen molar-refractivity contribution in [1.29, 1.82) is 0 Å². The van der Waals surface area contributed by atoms with E-state index in [1.807, 2.05) is 6.07 Å². The zero-order valence-corrected chi connectivity index (χ0v) is 12.8. The molecule has 1 aromatic rings. The van der Waals surface area contributed by atoms with Crippen LogP contribution in [0.15, 0.2) is 18.2 Å². The van der Waals surface area contributed by atoms with Crippen molar-refractivity contribution in [3.8, 4) is 5.75 Å². The minimum absolute atomic E-state index is 0.0528. The molecule has 0 saturated carbocycles. The van der Waals surface area contributed by atoms with Crippen LogP contribution in [0.5, 0.6) is 5.75 Å². The van der Waals surface area contributed by atoms with Gasteiger partial charge < -0.3 is 15.2 Å². The van der Waals surface area contributed by atoms with Crippen LogP contribution in [0.3, 0.4) is 0 Å². The summed E-state index contributed by atoms with van der Waals surface area (Å²) in [7, 11) is 1.66. The number of hydrogen-bond donors (Lipinski definition) is 1. The molecule has 0 aliphatic rings. The van der Waals surface area contributed by atoms with Crippen molar-refractivity contribution >= 4 is 0 Å². The standard InChI is InChI=1S/C16H27NO2/c1-6-13-14(16(2,3)4)8-7-9-15(13)19-11-12(10-17)18-5/h7-9,12H,6,10-11,17H2,1-5H3. The zero-order valence-electron chi connectivity index (χ0n) is 12.8. The molecule has 1 atom stereocenters. The lowest BCUT2D eigenvalue weighted by molar-refractivity contribution is 0.0640. The lowest BCUT2D eigenvalue weighted by Crippen LogP contribution is -2.29. The van der Waals surface area contributed by atoms with Crippen LogP contribution in [0.4, 0.5) is 0 Å². The van der Waals surface area contributed by atoms with E-state index in [-0.39, 0.29) is 11.5 Å². The quantitative estimate of drug-likeness (QED) is 0.860. The number of rotatable bonds is 6. The third-order valence-electron chi connectivity index (χ3n) is 3.32. The predicted octanol–water partition coefficient (Wildman–Crippen LogP) is 2.90. The molecule has 0 spiro atoms. The van der Waals surface area contributed by atoms with Crippen molar-refractivity contribution in [2.45, 2.75) is 45.6 Å². The Morgan fingerprint density at radius 1 is 1.26 bits per heavy atom. The van der Waals surface area contributed by atoms with Gasteiger partial charge in [0.2, 0.25) is 0 Å². The van der Waals surface area contributed by atoms with Gasteiger partial charge in [0.1, 0.15) is 18.5 Å². The molecule has 0 fully saturated rings. The van der Waals surface area contributed by atoms with Crippen LogP contribution in [0.1, 0.15) is 38.8 Å². The molecule has 0 aromatic heterocycles. The van der Waals surface area contributed by atoms with Crippen LogP contribution in [0.25, 0.3) is 0 Å². The van der Waals surface area contributed by atoms with Crippen LogP contribution in [0.2, 0.25) is 0 Å². The Hall–Kier alpha value is -1.06. The molecule has 3 nitrogen and oxygen atoms in total. The van der Waals surface area contributed by atoms with E-state index < -0.39 is 0 Å². The number of ether oxygens (including phenoxy) is 2. The molecular formula is C16H27NO2. The summed E-state index contributed by atoms with van der Waals surface area (Å²) in [6.07, 6.45) is 0.909. The molecule has 0 amide bonds. The van der Waals surface area contributed by atoms with Gasteiger partial charge in [0, 0.05) is 13.7 Å². The first-order chi connectivity index (χ1) is 8.93. The summed E-state index contributed by atoms with van der Waals surface area (Å²) in [6.45, 7) is 9.80. The Labute approximate surface area is 117 Å². The van der Waals surface area contributed by atoms with E-state index in [9.17, 15) is 0 Å². The van der Waals surface area contributed by atoms with Gasteiger partial charge in [0.25, 0.3) is 0 Å². The summed E-state index contributed by atoms with van der Waals surface area (Å²) in [5.41, 5.74) is 8.36. The van der Waals surface area contributed by atoms with Crippen LogP contribution in [-0.2, 0) is 16.6 Å². The lowest BCUT2D eigenvalue weighted by atomic mass is 9.83. The van der Waals surface area contributed by atoms with Gasteiger partial charge in [-0.05, 0) is 29.0 Å². The topological polar surface area (TPSA) is 44.5 Å². The summed E-state index contributed by atoms with van der Waals surface area (Å²) in [6, 6.07) is 6.26. The Morgan fingerprint density at radius 3 is 2.42 bits per heavy atom. The van der Waals surface area contributed by atoms with Crippen LogP contribution < -0.4 is 10.5 Å². The highest BCUT2D eigenvalue weighted by atomic mass is 16.5. The Morgan fingerprint density at radius 2 is 1.95 bits per heavy atom. The minimum Gasteiger partial charge on any atom is -0.491 e.